The predicted molar refractivity (Wildman–Crippen MR) is 501 cm³/mol. The molecule has 2 aliphatic rings. The number of nitrogens with two attached hydrogens (primary N) is 4. The van der Waals surface area contributed by atoms with E-state index in [4.69, 9.17) is 62.2 Å². The molecule has 5 aromatic carbocycles. The molecule has 0 bridgehead atoms. The van der Waals surface area contributed by atoms with E-state index >= 15 is 0 Å². The standard InChI is InChI=1S/C24H28F3N3O3.C18H17F3N2O4.C17H20N2O3.C16H17N3O.C10H20N2O2.C10H15NO.C6H3FN2/c1-15-5-7-18(8-6-15)22(16(2)30-23(32)24(25,26)27)33-19-9-10-20(29-14-19)21(31)12-17-4-3-11-28-13-17;1-10-3-5-12(6-4-10)15(11(2)23-17(26)18(19,20)21)27-13-7-8-14(16(24)25)22-9-13;1-11-4-6-13(7-5-11)16(12(2)18)22-14-8-9-15(19-10-14)17(20)21-3;1-11-3-5-13(6-4-11)16(12(2)18)20-15-8-7-14(9-17)19-10-15;1-10(2,3)14-9(13)12-6-4-5-8(11)7-12;1-7-3-5-9(6-4-7)10(12)8(2)11;7-5-1-2-6(3-8)9-4-5/h5-10,14,16-17,22,28H,3-4,11-13H2,1-2H3,(H,30,32);3-9,11,15H,1-2H3,(H,23,26)(H,24,25);4-10,12,16H,18H2,1-3H3;3-8,10,12,16H,18H2,1-2H3;8H,4-7,11H2,1-3H3;3-6,8,10,12H,11H2,1-2H3;1-2,4H/t16-,17+,22-;11-,15-;2*12-,16-;8-;8-,10-;/m000000./s1. The van der Waals surface area contributed by atoms with Crippen molar-refractivity contribution in [3.05, 3.63) is 303 Å². The SMILES string of the molecule is CC(C)(C)OC(=O)N1CCC[C@H](N)C1.COC(=O)c1ccc(O[C@H](c2ccc(C)cc2)[C@H](C)N)cn1.Cc1ccc([C@@H](O)[C@H](C)N)cc1.Cc1ccc([C@@H](Oc2ccc(C#N)nc2)[C@H](C)N)cc1.Cc1ccc([C@@H](Oc2ccc(C(=O)C[C@H]3CCCNC3)nc2)[C@H](C)NC(=O)C(F)(F)F)cc1.Cc1ccc([C@@H](Oc2ccc(C(=O)O)nc2)[C@H](C)NC(=O)C(F)(F)F)cc1.N#Cc1ccc(F)cn1. The monoisotopic (exact) mass is 1900 g/mol. The largest absolute Gasteiger partial charge is 0.482 e. The number of carboxylic acid groups (broad SMARTS) is 1. The smallest absolute Gasteiger partial charge is 0.471 e. The molecule has 29 nitrogen and oxygen atoms in total. The van der Waals surface area contributed by atoms with Gasteiger partial charge in [0, 0.05) is 43.7 Å². The van der Waals surface area contributed by atoms with Crippen molar-refractivity contribution in [2.75, 3.05) is 33.3 Å². The maximum absolute atomic E-state index is 12.7. The number of carboxylic acids is 1. The first-order valence-corrected chi connectivity index (χ1v) is 43.9. The number of carbonyl (C=O) groups excluding carboxylic acids is 5. The number of alkyl halides is 6. The zero-order valence-corrected chi connectivity index (χ0v) is 78.8. The number of pyridine rings is 5. The Morgan fingerprint density at radius 2 is 0.861 bits per heavy atom. The number of ether oxygens (including phenoxy) is 6. The number of aliphatic hydroxyl groups is 1. The summed E-state index contributed by atoms with van der Waals surface area (Å²) >= 11 is 0. The lowest BCUT2D eigenvalue weighted by Crippen LogP contribution is -2.47. The molecule has 7 heterocycles. The fraction of sp³-hybridized carbons (Fsp3) is 0.376. The number of halogens is 7. The lowest BCUT2D eigenvalue weighted by atomic mass is 9.93. The van der Waals surface area contributed by atoms with Crippen molar-refractivity contribution in [2.24, 2.45) is 28.9 Å². The van der Waals surface area contributed by atoms with E-state index in [-0.39, 0.29) is 82.8 Å². The van der Waals surface area contributed by atoms with Gasteiger partial charge in [-0.3, -0.25) is 14.4 Å². The summed E-state index contributed by atoms with van der Waals surface area (Å²) < 4.78 is 121. The molecule has 0 aliphatic carbocycles. The number of amides is 3. The second-order valence-electron chi connectivity index (χ2n) is 33.8. The molecular formula is C101H120F7N15O14. The van der Waals surface area contributed by atoms with E-state index in [1.54, 1.807) is 96.9 Å². The second-order valence-corrected chi connectivity index (χ2v) is 33.8. The van der Waals surface area contributed by atoms with Crippen LogP contribution >= 0.6 is 0 Å². The first-order valence-electron chi connectivity index (χ1n) is 43.9. The van der Waals surface area contributed by atoms with E-state index in [2.05, 4.69) is 35.0 Å². The average Bonchev–Trinajstić information content (AvgIpc) is 0.827. The molecule has 732 valence electrons. The highest BCUT2D eigenvalue weighted by Crippen LogP contribution is 2.32. The highest BCUT2D eigenvalue weighted by molar-refractivity contribution is 5.94. The van der Waals surface area contributed by atoms with Crippen molar-refractivity contribution in [1.29, 1.82) is 10.5 Å². The Hall–Kier alpha value is -13.9. The minimum atomic E-state index is -5.02. The number of aliphatic hydroxyl groups excluding tert-OH is 1. The number of piperidine rings is 2. The van der Waals surface area contributed by atoms with Crippen molar-refractivity contribution >= 4 is 35.6 Å². The number of benzene rings is 5. The number of likely N-dealkylation sites (tertiary alicyclic amines) is 1. The molecular weight excluding hydrogens is 1780 g/mol. The third-order valence-corrected chi connectivity index (χ3v) is 20.5. The Labute approximate surface area is 793 Å². The van der Waals surface area contributed by atoms with Crippen LogP contribution in [-0.2, 0) is 19.1 Å². The maximum Gasteiger partial charge on any atom is 0.471 e. The van der Waals surface area contributed by atoms with Crippen LogP contribution in [0.1, 0.15) is 217 Å². The number of carbonyl (C=O) groups is 6. The lowest BCUT2D eigenvalue weighted by Gasteiger charge is -2.32. The molecule has 2 aliphatic heterocycles. The number of nitrogens with zero attached hydrogens (tertiary/aromatic N) is 8. The Morgan fingerprint density at radius 3 is 1.18 bits per heavy atom. The van der Waals surface area contributed by atoms with Crippen LogP contribution in [0.4, 0.5) is 35.5 Å². The van der Waals surface area contributed by atoms with Gasteiger partial charge < -0.3 is 82.4 Å². The first kappa shape index (κ1) is 112. The summed E-state index contributed by atoms with van der Waals surface area (Å²) in [7, 11) is 1.32. The van der Waals surface area contributed by atoms with Crippen molar-refractivity contribution in [3.8, 4) is 35.1 Å². The number of ketones is 1. The van der Waals surface area contributed by atoms with Crippen molar-refractivity contribution in [2.45, 2.75) is 207 Å². The van der Waals surface area contributed by atoms with E-state index in [1.807, 2.05) is 171 Å². The van der Waals surface area contributed by atoms with Crippen LogP contribution in [-0.4, -0.2) is 163 Å². The minimum Gasteiger partial charge on any atom is -0.482 e. The van der Waals surface area contributed by atoms with Crippen molar-refractivity contribution < 1.29 is 98.1 Å². The summed E-state index contributed by atoms with van der Waals surface area (Å²) in [6.45, 7) is 27.0. The van der Waals surface area contributed by atoms with Crippen LogP contribution in [0.15, 0.2) is 213 Å². The fourth-order valence-corrected chi connectivity index (χ4v) is 13.1. The predicted octanol–water partition coefficient (Wildman–Crippen LogP) is 16.6. The number of rotatable bonds is 25. The summed E-state index contributed by atoms with van der Waals surface area (Å²) in [6.07, 6.45) is -2.17. The van der Waals surface area contributed by atoms with Gasteiger partial charge in [-0.2, -0.15) is 36.9 Å². The number of aromatic nitrogens is 5. The van der Waals surface area contributed by atoms with Gasteiger partial charge in [0.05, 0.1) is 56.3 Å². The number of nitrogens with one attached hydrogen (secondary N) is 3. The Bertz CT molecular complexity index is 5480. The van der Waals surface area contributed by atoms with Crippen molar-refractivity contribution in [1.82, 2.24) is 45.8 Å². The van der Waals surface area contributed by atoms with Gasteiger partial charge >= 0.3 is 42.2 Å². The maximum atomic E-state index is 12.7. The number of aryl methyl sites for hydroxylation is 5. The Kier molecular flexibility index (Phi) is 44.6. The molecule has 12 atom stereocenters. The van der Waals surface area contributed by atoms with E-state index in [0.29, 0.717) is 47.0 Å². The third kappa shape index (κ3) is 39.5. The lowest BCUT2D eigenvalue weighted by molar-refractivity contribution is -0.174. The summed E-state index contributed by atoms with van der Waals surface area (Å²) in [6, 6.07) is 54.0. The number of aromatic carboxylic acids is 1. The zero-order valence-electron chi connectivity index (χ0n) is 78.8. The molecule has 2 saturated heterocycles. The number of esters is 1. The summed E-state index contributed by atoms with van der Waals surface area (Å²) in [5.41, 5.74) is 33.4. The van der Waals surface area contributed by atoms with E-state index in [9.17, 15) is 64.6 Å². The molecule has 0 radical (unpaired) electrons. The second kappa shape index (κ2) is 54.6. The number of hydrogen-bond acceptors (Lipinski definition) is 25. The van der Waals surface area contributed by atoms with Gasteiger partial charge in [0.15, 0.2) is 5.78 Å². The minimum absolute atomic E-state index is 0.0591. The average molecular weight is 1900 g/mol. The molecule has 2 fully saturated rings. The van der Waals surface area contributed by atoms with Crippen LogP contribution < -0.4 is 57.8 Å². The molecule has 3 amide bonds. The fourth-order valence-electron chi connectivity index (χ4n) is 13.1. The first-order chi connectivity index (χ1) is 64.6. The number of Topliss-reactive ketones (excluding diaryl/α,β-unsaturated/α-hetero) is 1. The van der Waals surface area contributed by atoms with Crippen LogP contribution in [0.2, 0.25) is 0 Å². The van der Waals surface area contributed by atoms with Crippen molar-refractivity contribution in [3.63, 3.8) is 0 Å². The van der Waals surface area contributed by atoms with Gasteiger partial charge in [-0.1, -0.05) is 149 Å². The molecule has 36 heteroatoms. The molecule has 5 aromatic heterocycles. The molecule has 137 heavy (non-hydrogen) atoms. The van der Waals surface area contributed by atoms with Crippen LogP contribution in [0, 0.1) is 69.0 Å². The van der Waals surface area contributed by atoms with E-state index < -0.39 is 77.9 Å². The highest BCUT2D eigenvalue weighted by atomic mass is 19.4. The van der Waals surface area contributed by atoms with Gasteiger partial charge in [-0.25, -0.2) is 43.7 Å². The van der Waals surface area contributed by atoms with Gasteiger partial charge in [-0.05, 0) is 223 Å². The topological polar surface area (TPSA) is 454 Å². The molecule has 13 N–H and O–H groups in total. The molecule has 12 rings (SSSR count). The third-order valence-electron chi connectivity index (χ3n) is 20.5. The number of nitriles is 2. The highest BCUT2D eigenvalue weighted by Gasteiger charge is 2.42. The zero-order chi connectivity index (χ0) is 101. The normalized spacial score (nSPS) is 15.5. The summed E-state index contributed by atoms with van der Waals surface area (Å²) in [4.78, 5) is 90.2. The van der Waals surface area contributed by atoms with Gasteiger partial charge in [0.25, 0.3) is 0 Å². The van der Waals surface area contributed by atoms with E-state index in [1.165, 1.54) is 74.3 Å². The summed E-state index contributed by atoms with van der Waals surface area (Å²) in [5.74, 6) is -4.41. The summed E-state index contributed by atoms with van der Waals surface area (Å²) in [5, 5.41) is 42.5. The quantitative estimate of drug-likeness (QED) is 0.0146. The Balaban J connectivity index is 0.000000254. The van der Waals surface area contributed by atoms with Gasteiger partial charge in [-0.15, -0.1) is 0 Å². The van der Waals surface area contributed by atoms with Crippen LogP contribution in [0.5, 0.6) is 23.0 Å². The Morgan fingerprint density at radius 1 is 0.496 bits per heavy atom. The number of hydrogen-bond donors (Lipinski definition) is 9. The number of methoxy groups -OCH3 is 1. The van der Waals surface area contributed by atoms with E-state index in [0.717, 1.165) is 85.5 Å². The van der Waals surface area contributed by atoms with Gasteiger partial charge in [0.2, 0.25) is 0 Å². The molecule has 0 spiro atoms. The molecule has 0 unspecified atom stereocenters. The van der Waals surface area contributed by atoms with Crippen LogP contribution in [0.3, 0.4) is 0 Å². The van der Waals surface area contributed by atoms with Crippen LogP contribution in [0.25, 0.3) is 0 Å². The molecule has 0 saturated carbocycles. The molecule has 10 aromatic rings. The van der Waals surface area contributed by atoms with Gasteiger partial charge in [0.1, 0.15) is 99.4 Å².